The van der Waals surface area contributed by atoms with Gasteiger partial charge in [0.2, 0.25) is 0 Å². The summed E-state index contributed by atoms with van der Waals surface area (Å²) in [7, 11) is -8.64. The highest BCUT2D eigenvalue weighted by molar-refractivity contribution is 6.98. The van der Waals surface area contributed by atoms with E-state index >= 15 is 0 Å². The minimum atomic E-state index is -2.30. The second-order valence-electron chi connectivity index (χ2n) is 5.62. The van der Waals surface area contributed by atoms with Gasteiger partial charge in [0.1, 0.15) is 0 Å². The van der Waals surface area contributed by atoms with Crippen molar-refractivity contribution in [3.05, 3.63) is 36.8 Å². The van der Waals surface area contributed by atoms with Crippen molar-refractivity contribution < 1.29 is 25.6 Å². The molecule has 6 nitrogen and oxygen atoms in total. The summed E-state index contributed by atoms with van der Waals surface area (Å²) < 4.78 is 33.5. The fourth-order valence-corrected chi connectivity index (χ4v) is 16.5. The summed E-state index contributed by atoms with van der Waals surface area (Å²) in [5.41, 5.74) is 5.37. The first-order valence-corrected chi connectivity index (χ1v) is 17.1. The Morgan fingerprint density at radius 1 is 0.680 bits per heavy atom. The van der Waals surface area contributed by atoms with Gasteiger partial charge in [-0.05, 0) is 40.4 Å². The molecule has 0 aliphatic carbocycles. The zero-order valence-corrected chi connectivity index (χ0v) is 20.7. The molecule has 1 heterocycles. The Kier molecular flexibility index (Phi) is 11.5. The van der Waals surface area contributed by atoms with Crippen molar-refractivity contribution in [2.75, 3.05) is 19.8 Å². The van der Waals surface area contributed by atoms with E-state index in [4.69, 9.17) is 25.6 Å². The lowest BCUT2D eigenvalue weighted by molar-refractivity contribution is 0.107. The Hall–Kier alpha value is -0.152. The maximum atomic E-state index is 5.94. The van der Waals surface area contributed by atoms with E-state index in [-0.39, 0.29) is 0 Å². The van der Waals surface area contributed by atoms with Gasteiger partial charge in [-0.15, -0.1) is 19.7 Å². The average molecular weight is 423 g/mol. The molecule has 0 aromatic rings. The SMILES string of the molecule is C=C[Si]1(C)O[Si](C)(C=C)O[Si](C)(C=C)O1.CCO[SiH](OCC)OCC. The Morgan fingerprint density at radius 3 is 1.08 bits per heavy atom. The van der Waals surface area contributed by atoms with Gasteiger partial charge in [0.15, 0.2) is 0 Å². The number of hydrogen-bond donors (Lipinski definition) is 0. The Bertz CT molecular complexity index is 366. The van der Waals surface area contributed by atoms with Crippen molar-refractivity contribution in [1.29, 1.82) is 0 Å². The first-order chi connectivity index (χ1) is 11.6. The minimum Gasteiger partial charge on any atom is -0.410 e. The van der Waals surface area contributed by atoms with E-state index in [2.05, 4.69) is 19.7 Å². The van der Waals surface area contributed by atoms with Crippen molar-refractivity contribution in [2.24, 2.45) is 0 Å². The summed E-state index contributed by atoms with van der Waals surface area (Å²) in [6, 6.07) is 0. The van der Waals surface area contributed by atoms with E-state index in [1.165, 1.54) is 0 Å². The third-order valence-electron chi connectivity index (χ3n) is 3.24. The van der Waals surface area contributed by atoms with Crippen LogP contribution in [-0.2, 0) is 25.6 Å². The molecule has 0 N–H and O–H groups in total. The molecule has 0 amide bonds. The molecule has 1 aliphatic heterocycles. The van der Waals surface area contributed by atoms with Crippen LogP contribution in [0.4, 0.5) is 0 Å². The van der Waals surface area contributed by atoms with Crippen LogP contribution in [0.15, 0.2) is 36.8 Å². The first kappa shape index (κ1) is 24.8. The molecular formula is C15H34O6Si4. The molecule has 0 unspecified atom stereocenters. The third-order valence-corrected chi connectivity index (χ3v) is 17.0. The summed E-state index contributed by atoms with van der Waals surface area (Å²) in [6.45, 7) is 25.2. The predicted octanol–water partition coefficient (Wildman–Crippen LogP) is 3.25. The summed E-state index contributed by atoms with van der Waals surface area (Å²) in [4.78, 5) is 0. The molecule has 0 bridgehead atoms. The third kappa shape index (κ3) is 8.86. The molecule has 1 rings (SSSR count). The highest BCUT2D eigenvalue weighted by Crippen LogP contribution is 2.31. The van der Waals surface area contributed by atoms with Gasteiger partial charge in [-0.3, -0.25) is 0 Å². The maximum absolute atomic E-state index is 5.94. The number of hydrogen-bond acceptors (Lipinski definition) is 6. The lowest BCUT2D eigenvalue weighted by Gasteiger charge is -2.46. The van der Waals surface area contributed by atoms with Gasteiger partial charge < -0.3 is 25.6 Å². The van der Waals surface area contributed by atoms with Gasteiger partial charge in [-0.1, -0.05) is 17.1 Å². The fraction of sp³-hybridized carbons (Fsp3) is 0.600. The summed E-state index contributed by atoms with van der Waals surface area (Å²) in [6.07, 6.45) is 0. The lowest BCUT2D eigenvalue weighted by Crippen LogP contribution is -2.65. The highest BCUT2D eigenvalue weighted by atomic mass is 28.5. The standard InChI is InChI=1S/C9H18O3Si3.C6H16O3Si/c1-7-13(4)10-14(5,8-2)12-15(6,9-3)11-13;1-4-7-10(8-5-2)9-6-3/h7-9H,1-3H2,4-6H3;10H,4-6H2,1-3H3. The second-order valence-corrected chi connectivity index (χ2v) is 17.0. The van der Waals surface area contributed by atoms with Crippen LogP contribution in [0.25, 0.3) is 0 Å². The average Bonchev–Trinajstić information content (AvgIpc) is 2.55. The molecule has 1 saturated heterocycles. The molecule has 25 heavy (non-hydrogen) atoms. The van der Waals surface area contributed by atoms with Crippen LogP contribution in [-0.4, -0.2) is 55.0 Å². The molecule has 1 aliphatic rings. The maximum Gasteiger partial charge on any atom is 0.484 e. The molecule has 0 aromatic heterocycles. The first-order valence-electron chi connectivity index (χ1n) is 8.51. The topological polar surface area (TPSA) is 55.4 Å². The van der Waals surface area contributed by atoms with Gasteiger partial charge in [0.05, 0.1) is 0 Å². The molecule has 10 heteroatoms. The van der Waals surface area contributed by atoms with Crippen LogP contribution in [0.3, 0.4) is 0 Å². The van der Waals surface area contributed by atoms with Crippen molar-refractivity contribution in [1.82, 2.24) is 0 Å². The van der Waals surface area contributed by atoms with Gasteiger partial charge in [-0.2, -0.15) is 0 Å². The molecule has 0 aromatic carbocycles. The van der Waals surface area contributed by atoms with Gasteiger partial charge in [0, 0.05) is 19.8 Å². The summed E-state index contributed by atoms with van der Waals surface area (Å²) >= 11 is 0. The smallest absolute Gasteiger partial charge is 0.410 e. The molecule has 146 valence electrons. The van der Waals surface area contributed by atoms with E-state index in [1.807, 2.05) is 40.4 Å². The van der Waals surface area contributed by atoms with Crippen molar-refractivity contribution >= 4 is 35.2 Å². The van der Waals surface area contributed by atoms with Gasteiger partial charge in [0.25, 0.3) is 0 Å². The van der Waals surface area contributed by atoms with E-state index < -0.39 is 35.2 Å². The van der Waals surface area contributed by atoms with Crippen LogP contribution in [0.2, 0.25) is 19.6 Å². The Labute approximate surface area is 158 Å². The number of rotatable bonds is 9. The van der Waals surface area contributed by atoms with Crippen LogP contribution < -0.4 is 0 Å². The van der Waals surface area contributed by atoms with E-state index in [0.29, 0.717) is 19.8 Å². The molecule has 0 saturated carbocycles. The quantitative estimate of drug-likeness (QED) is 0.532. The fourth-order valence-electron chi connectivity index (χ4n) is 2.07. The van der Waals surface area contributed by atoms with Crippen molar-refractivity contribution in [3.63, 3.8) is 0 Å². The zero-order chi connectivity index (χ0) is 19.6. The van der Waals surface area contributed by atoms with Gasteiger partial charge >= 0.3 is 35.2 Å². The lowest BCUT2D eigenvalue weighted by atomic mass is 10.9. The van der Waals surface area contributed by atoms with E-state index in [1.54, 1.807) is 17.1 Å². The molecular weight excluding hydrogens is 389 g/mol. The predicted molar refractivity (Wildman–Crippen MR) is 111 cm³/mol. The molecule has 0 radical (unpaired) electrons. The highest BCUT2D eigenvalue weighted by Gasteiger charge is 2.53. The van der Waals surface area contributed by atoms with E-state index in [0.717, 1.165) is 0 Å². The Morgan fingerprint density at radius 2 is 0.920 bits per heavy atom. The largest absolute Gasteiger partial charge is 0.484 e. The monoisotopic (exact) mass is 422 g/mol. The summed E-state index contributed by atoms with van der Waals surface area (Å²) in [5.74, 6) is 0. The van der Waals surface area contributed by atoms with Crippen LogP contribution in [0.1, 0.15) is 20.8 Å². The van der Waals surface area contributed by atoms with Crippen LogP contribution in [0.5, 0.6) is 0 Å². The zero-order valence-electron chi connectivity index (χ0n) is 16.5. The Balaban J connectivity index is 0.000000504. The van der Waals surface area contributed by atoms with Crippen LogP contribution >= 0.6 is 0 Å². The normalized spacial score (nSPS) is 31.8. The van der Waals surface area contributed by atoms with Crippen LogP contribution in [0, 0.1) is 0 Å². The van der Waals surface area contributed by atoms with Gasteiger partial charge in [-0.25, -0.2) is 0 Å². The second kappa shape index (κ2) is 11.5. The summed E-state index contributed by atoms with van der Waals surface area (Å²) in [5, 5.41) is 0. The minimum absolute atomic E-state index is 0.677. The van der Waals surface area contributed by atoms with Crippen molar-refractivity contribution in [2.45, 2.75) is 40.4 Å². The molecule has 0 atom stereocenters. The van der Waals surface area contributed by atoms with Crippen molar-refractivity contribution in [3.8, 4) is 0 Å². The molecule has 1 fully saturated rings. The molecule has 0 spiro atoms. The van der Waals surface area contributed by atoms with E-state index in [9.17, 15) is 0 Å².